The van der Waals surface area contributed by atoms with Crippen LogP contribution in [0.3, 0.4) is 0 Å². The van der Waals surface area contributed by atoms with Crippen molar-refractivity contribution in [2.24, 2.45) is 0 Å². The van der Waals surface area contributed by atoms with E-state index in [1.807, 2.05) is 24.3 Å². The predicted octanol–water partition coefficient (Wildman–Crippen LogP) is 3.69. The second-order valence-corrected chi connectivity index (χ2v) is 7.69. The fourth-order valence-electron chi connectivity index (χ4n) is 4.07. The van der Waals surface area contributed by atoms with Crippen molar-refractivity contribution in [2.75, 3.05) is 26.6 Å². The molecule has 7 nitrogen and oxygen atoms in total. The average Bonchev–Trinajstić information content (AvgIpc) is 3.42. The van der Waals surface area contributed by atoms with E-state index in [2.05, 4.69) is 29.6 Å². The van der Waals surface area contributed by atoms with Crippen LogP contribution in [0.5, 0.6) is 17.2 Å². The number of nitrogens with one attached hydrogen (secondary N) is 1. The Hall–Kier alpha value is -3.71. The van der Waals surface area contributed by atoms with Crippen molar-refractivity contribution in [3.05, 3.63) is 77.9 Å². The monoisotopic (exact) mass is 433 g/mol. The molecule has 32 heavy (non-hydrogen) atoms. The van der Waals surface area contributed by atoms with E-state index in [0.717, 1.165) is 11.1 Å². The fourth-order valence-corrected chi connectivity index (χ4v) is 4.07. The second kappa shape index (κ2) is 8.80. The third-order valence-electron chi connectivity index (χ3n) is 5.61. The van der Waals surface area contributed by atoms with Gasteiger partial charge >= 0.3 is 6.09 Å². The zero-order chi connectivity index (χ0) is 21.9. The molecule has 0 radical (unpaired) electrons. The van der Waals surface area contributed by atoms with E-state index >= 15 is 0 Å². The van der Waals surface area contributed by atoms with Crippen LogP contribution in [0, 0.1) is 0 Å². The topological polar surface area (TPSA) is 86.3 Å². The quantitative estimate of drug-likeness (QED) is 0.591. The lowest BCUT2D eigenvalue weighted by molar-refractivity contribution is 0.0973. The van der Waals surface area contributed by atoms with Crippen LogP contribution in [0.25, 0.3) is 11.1 Å². The minimum absolute atomic E-state index is 0.00702. The average molecular weight is 433 g/mol. The third-order valence-corrected chi connectivity index (χ3v) is 5.61. The van der Waals surface area contributed by atoms with Gasteiger partial charge in [-0.3, -0.25) is 0 Å². The van der Waals surface area contributed by atoms with Gasteiger partial charge in [0.15, 0.2) is 11.5 Å². The number of alkyl carbamates (subject to hydrolysis) is 1. The largest absolute Gasteiger partial charge is 0.491 e. The molecule has 3 aromatic rings. The zero-order valence-electron chi connectivity index (χ0n) is 17.3. The molecule has 5 rings (SSSR count). The molecule has 1 aliphatic heterocycles. The van der Waals surface area contributed by atoms with Gasteiger partial charge in [-0.15, -0.1) is 0 Å². The maximum absolute atomic E-state index is 12.2. The second-order valence-electron chi connectivity index (χ2n) is 7.69. The van der Waals surface area contributed by atoms with Crippen molar-refractivity contribution in [3.8, 4) is 28.4 Å². The molecule has 0 saturated heterocycles. The highest BCUT2D eigenvalue weighted by Gasteiger charge is 2.29. The van der Waals surface area contributed by atoms with Crippen molar-refractivity contribution in [1.82, 2.24) is 5.32 Å². The van der Waals surface area contributed by atoms with Crippen LogP contribution in [-0.4, -0.2) is 43.9 Å². The standard InChI is InChI=1S/C25H23NO6/c27-16(13-29-17-9-10-23-24(11-17)32-15-31-23)12-26-25(28)30-14-22-20-7-3-1-5-18(20)19-6-2-4-8-21(19)22/h1-11,16,22,27H,12-15H2,(H,26,28). The first-order chi connectivity index (χ1) is 15.7. The number of carbonyl (C=O) groups excluding carboxylic acids is 1. The number of ether oxygens (including phenoxy) is 4. The number of hydrogen-bond donors (Lipinski definition) is 2. The number of fused-ring (bicyclic) bond motifs is 4. The van der Waals surface area contributed by atoms with Gasteiger partial charge in [0.1, 0.15) is 25.1 Å². The summed E-state index contributed by atoms with van der Waals surface area (Å²) >= 11 is 0. The van der Waals surface area contributed by atoms with Crippen LogP contribution >= 0.6 is 0 Å². The van der Waals surface area contributed by atoms with Crippen molar-refractivity contribution < 1.29 is 28.8 Å². The van der Waals surface area contributed by atoms with Crippen LogP contribution in [0.2, 0.25) is 0 Å². The van der Waals surface area contributed by atoms with Crippen molar-refractivity contribution >= 4 is 6.09 Å². The first-order valence-electron chi connectivity index (χ1n) is 10.5. The maximum atomic E-state index is 12.2. The Morgan fingerprint density at radius 1 is 1.00 bits per heavy atom. The zero-order valence-corrected chi connectivity index (χ0v) is 17.3. The van der Waals surface area contributed by atoms with Crippen LogP contribution in [0.15, 0.2) is 66.7 Å². The first kappa shape index (κ1) is 20.2. The Morgan fingerprint density at radius 2 is 1.69 bits per heavy atom. The highest BCUT2D eigenvalue weighted by molar-refractivity contribution is 5.79. The van der Waals surface area contributed by atoms with E-state index in [0.29, 0.717) is 17.2 Å². The molecule has 1 unspecified atom stereocenters. The summed E-state index contributed by atoms with van der Waals surface area (Å²) in [7, 11) is 0. The predicted molar refractivity (Wildman–Crippen MR) is 117 cm³/mol. The van der Waals surface area contributed by atoms with Gasteiger partial charge in [-0.05, 0) is 34.4 Å². The molecule has 0 fully saturated rings. The normalized spacial score (nSPS) is 14.4. The van der Waals surface area contributed by atoms with Gasteiger partial charge in [0.05, 0.1) is 6.54 Å². The van der Waals surface area contributed by atoms with E-state index < -0.39 is 12.2 Å². The minimum atomic E-state index is -0.888. The molecule has 3 aromatic carbocycles. The van der Waals surface area contributed by atoms with Gasteiger partial charge < -0.3 is 29.4 Å². The van der Waals surface area contributed by atoms with Gasteiger partial charge in [0.2, 0.25) is 6.79 Å². The molecule has 0 aromatic heterocycles. The van der Waals surface area contributed by atoms with Gasteiger partial charge in [-0.2, -0.15) is 0 Å². The summed E-state index contributed by atoms with van der Waals surface area (Å²) in [6, 6.07) is 21.5. The highest BCUT2D eigenvalue weighted by Crippen LogP contribution is 2.44. The summed E-state index contributed by atoms with van der Waals surface area (Å²) in [4.78, 5) is 12.2. The van der Waals surface area contributed by atoms with Crippen molar-refractivity contribution in [1.29, 1.82) is 0 Å². The molecule has 1 aliphatic carbocycles. The number of benzene rings is 3. The van der Waals surface area contributed by atoms with Crippen LogP contribution in [0.1, 0.15) is 17.0 Å². The van der Waals surface area contributed by atoms with Gasteiger partial charge in [-0.1, -0.05) is 48.5 Å². The number of aliphatic hydroxyl groups excluding tert-OH is 1. The molecule has 0 saturated carbocycles. The van der Waals surface area contributed by atoms with E-state index in [-0.39, 0.29) is 32.5 Å². The molecule has 1 amide bonds. The SMILES string of the molecule is O=C(NCC(O)COc1ccc2c(c1)OCO2)OCC1c2ccccc2-c2ccccc21. The van der Waals surface area contributed by atoms with E-state index in [4.69, 9.17) is 18.9 Å². The van der Waals surface area contributed by atoms with E-state index in [9.17, 15) is 9.90 Å². The fraction of sp³-hybridized carbons (Fsp3) is 0.240. The Bertz CT molecular complexity index is 1090. The first-order valence-corrected chi connectivity index (χ1v) is 10.5. The molecular formula is C25H23NO6. The van der Waals surface area contributed by atoms with Crippen LogP contribution in [-0.2, 0) is 4.74 Å². The lowest BCUT2D eigenvalue weighted by atomic mass is 9.98. The molecule has 1 heterocycles. The van der Waals surface area contributed by atoms with Gasteiger partial charge in [0, 0.05) is 12.0 Å². The molecule has 164 valence electrons. The maximum Gasteiger partial charge on any atom is 0.407 e. The summed E-state index contributed by atoms with van der Waals surface area (Å²) in [5, 5.41) is 12.7. The molecular weight excluding hydrogens is 410 g/mol. The molecule has 7 heteroatoms. The number of amides is 1. The lowest BCUT2D eigenvalue weighted by Crippen LogP contribution is -2.36. The highest BCUT2D eigenvalue weighted by atomic mass is 16.7. The minimum Gasteiger partial charge on any atom is -0.491 e. The summed E-state index contributed by atoms with van der Waals surface area (Å²) < 4.78 is 21.6. The number of hydrogen-bond acceptors (Lipinski definition) is 6. The Balaban J connectivity index is 1.10. The Labute approximate surface area is 185 Å². The van der Waals surface area contributed by atoms with Gasteiger partial charge in [0.25, 0.3) is 0 Å². The lowest BCUT2D eigenvalue weighted by Gasteiger charge is -2.16. The molecule has 0 spiro atoms. The number of carbonyl (C=O) groups is 1. The number of aliphatic hydroxyl groups is 1. The smallest absolute Gasteiger partial charge is 0.407 e. The van der Waals surface area contributed by atoms with Crippen molar-refractivity contribution in [2.45, 2.75) is 12.0 Å². The van der Waals surface area contributed by atoms with Crippen LogP contribution < -0.4 is 19.5 Å². The van der Waals surface area contributed by atoms with Gasteiger partial charge in [-0.25, -0.2) is 4.79 Å². The third kappa shape index (κ3) is 4.07. The van der Waals surface area contributed by atoms with Crippen LogP contribution in [0.4, 0.5) is 4.79 Å². The summed E-state index contributed by atoms with van der Waals surface area (Å²) in [5.41, 5.74) is 4.65. The molecule has 2 N–H and O–H groups in total. The number of rotatable bonds is 7. The molecule has 1 atom stereocenters. The Morgan fingerprint density at radius 3 is 2.44 bits per heavy atom. The molecule has 2 aliphatic rings. The van der Waals surface area contributed by atoms with E-state index in [1.54, 1.807) is 18.2 Å². The summed E-state index contributed by atoms with van der Waals surface area (Å²) in [5.74, 6) is 1.81. The molecule has 0 bridgehead atoms. The Kier molecular flexibility index (Phi) is 5.56. The summed E-state index contributed by atoms with van der Waals surface area (Å²) in [6.07, 6.45) is -1.46. The van der Waals surface area contributed by atoms with E-state index in [1.165, 1.54) is 11.1 Å². The summed E-state index contributed by atoms with van der Waals surface area (Å²) in [6.45, 7) is 0.444. The van der Waals surface area contributed by atoms with Crippen molar-refractivity contribution in [3.63, 3.8) is 0 Å².